The average Bonchev–Trinajstić information content (AvgIpc) is 2.27. The molecule has 2 rings (SSSR count). The molecule has 1 heterocycles. The topological polar surface area (TPSA) is 29.4 Å². The van der Waals surface area contributed by atoms with Crippen molar-refractivity contribution in [2.45, 2.75) is 20.3 Å². The van der Waals surface area contributed by atoms with Gasteiger partial charge < -0.3 is 0 Å². The molecular formula is C12H13NO. The molecule has 2 nitrogen and oxygen atoms in total. The highest BCUT2D eigenvalue weighted by Gasteiger charge is 2.18. The van der Waals surface area contributed by atoms with Crippen LogP contribution < -0.4 is 0 Å². The molecule has 14 heavy (non-hydrogen) atoms. The number of aliphatic imine (C=N–C) groups is 1. The lowest BCUT2D eigenvalue weighted by molar-refractivity contribution is 0.100. The number of benzene rings is 1. The molecule has 2 heteroatoms. The molecule has 0 spiro atoms. The third-order valence-corrected chi connectivity index (χ3v) is 2.76. The van der Waals surface area contributed by atoms with Crippen LogP contribution in [0.25, 0.3) is 0 Å². The van der Waals surface area contributed by atoms with E-state index in [1.54, 1.807) is 0 Å². The molecule has 0 aliphatic carbocycles. The zero-order valence-electron chi connectivity index (χ0n) is 8.45. The summed E-state index contributed by atoms with van der Waals surface area (Å²) in [5, 5.41) is 0. The van der Waals surface area contributed by atoms with Crippen LogP contribution in [0.4, 0.5) is 0 Å². The SMILES string of the molecule is CC1=NC(=O)c2ccccc2CC1C. The first kappa shape index (κ1) is 9.13. The number of hydrogen-bond donors (Lipinski definition) is 0. The Labute approximate surface area is 83.7 Å². The highest BCUT2D eigenvalue weighted by Crippen LogP contribution is 2.19. The van der Waals surface area contributed by atoms with Crippen LogP contribution in [-0.4, -0.2) is 11.6 Å². The zero-order valence-corrected chi connectivity index (χ0v) is 8.45. The maximum Gasteiger partial charge on any atom is 0.277 e. The van der Waals surface area contributed by atoms with Crippen molar-refractivity contribution < 1.29 is 4.79 Å². The molecule has 72 valence electrons. The summed E-state index contributed by atoms with van der Waals surface area (Å²) in [7, 11) is 0. The van der Waals surface area contributed by atoms with E-state index in [0.29, 0.717) is 5.92 Å². The van der Waals surface area contributed by atoms with Crippen molar-refractivity contribution in [1.82, 2.24) is 0 Å². The van der Waals surface area contributed by atoms with Crippen LogP contribution in [0.3, 0.4) is 0 Å². The molecule has 1 aromatic rings. The second-order valence-corrected chi connectivity index (χ2v) is 3.82. The lowest BCUT2D eigenvalue weighted by atomic mass is 9.96. The quantitative estimate of drug-likeness (QED) is 0.613. The summed E-state index contributed by atoms with van der Waals surface area (Å²) in [6.07, 6.45) is 0.914. The van der Waals surface area contributed by atoms with Gasteiger partial charge in [-0.3, -0.25) is 4.79 Å². The van der Waals surface area contributed by atoms with E-state index < -0.39 is 0 Å². The van der Waals surface area contributed by atoms with E-state index in [2.05, 4.69) is 11.9 Å². The van der Waals surface area contributed by atoms with Gasteiger partial charge in [-0.2, -0.15) is 0 Å². The third-order valence-electron chi connectivity index (χ3n) is 2.76. The standard InChI is InChI=1S/C12H13NO/c1-8-7-10-5-3-4-6-11(10)12(14)13-9(8)2/h3-6,8H,7H2,1-2H3. The number of nitrogens with zero attached hydrogens (tertiary/aromatic N) is 1. The normalized spacial score (nSPS) is 21.1. The van der Waals surface area contributed by atoms with E-state index in [1.807, 2.05) is 31.2 Å². The van der Waals surface area contributed by atoms with Crippen molar-refractivity contribution in [3.05, 3.63) is 35.4 Å². The van der Waals surface area contributed by atoms with Crippen molar-refractivity contribution in [3.8, 4) is 0 Å². The summed E-state index contributed by atoms with van der Waals surface area (Å²) in [6, 6.07) is 7.72. The van der Waals surface area contributed by atoms with Crippen molar-refractivity contribution in [3.63, 3.8) is 0 Å². The summed E-state index contributed by atoms with van der Waals surface area (Å²) >= 11 is 0. The first-order valence-electron chi connectivity index (χ1n) is 4.86. The Bertz CT molecular complexity index is 407. The van der Waals surface area contributed by atoms with Crippen LogP contribution in [0, 0.1) is 5.92 Å². The van der Waals surface area contributed by atoms with Gasteiger partial charge >= 0.3 is 0 Å². The Morgan fingerprint density at radius 2 is 2.07 bits per heavy atom. The smallest absolute Gasteiger partial charge is 0.267 e. The van der Waals surface area contributed by atoms with Gasteiger partial charge in [-0.1, -0.05) is 25.1 Å². The summed E-state index contributed by atoms with van der Waals surface area (Å²) in [4.78, 5) is 15.8. The molecule has 1 aromatic carbocycles. The Hall–Kier alpha value is -1.44. The second kappa shape index (κ2) is 3.37. The second-order valence-electron chi connectivity index (χ2n) is 3.82. The van der Waals surface area contributed by atoms with E-state index in [0.717, 1.165) is 23.3 Å². The minimum atomic E-state index is -0.0950. The molecule has 0 fully saturated rings. The van der Waals surface area contributed by atoms with Crippen LogP contribution in [0.2, 0.25) is 0 Å². The van der Waals surface area contributed by atoms with Gasteiger partial charge in [0.2, 0.25) is 0 Å². The molecule has 0 N–H and O–H groups in total. The van der Waals surface area contributed by atoms with E-state index in [9.17, 15) is 4.79 Å². The number of carbonyl (C=O) groups excluding carboxylic acids is 1. The number of rotatable bonds is 0. The van der Waals surface area contributed by atoms with Crippen molar-refractivity contribution >= 4 is 11.6 Å². The van der Waals surface area contributed by atoms with Gasteiger partial charge in [0.15, 0.2) is 0 Å². The number of carbonyl (C=O) groups is 1. The maximum atomic E-state index is 11.7. The Morgan fingerprint density at radius 1 is 1.36 bits per heavy atom. The summed E-state index contributed by atoms with van der Waals surface area (Å²) < 4.78 is 0. The summed E-state index contributed by atoms with van der Waals surface area (Å²) in [5.41, 5.74) is 2.81. The van der Waals surface area contributed by atoms with Crippen LogP contribution in [-0.2, 0) is 6.42 Å². The lowest BCUT2D eigenvalue weighted by Crippen LogP contribution is -2.08. The predicted octanol–water partition coefficient (Wildman–Crippen LogP) is 2.48. The van der Waals surface area contributed by atoms with Gasteiger partial charge in [-0.05, 0) is 30.9 Å². The minimum absolute atomic E-state index is 0.0950. The first-order chi connectivity index (χ1) is 6.68. The maximum absolute atomic E-state index is 11.7. The highest BCUT2D eigenvalue weighted by molar-refractivity contribution is 6.05. The van der Waals surface area contributed by atoms with Gasteiger partial charge in [0, 0.05) is 11.3 Å². The summed E-state index contributed by atoms with van der Waals surface area (Å²) in [5.74, 6) is 0.269. The molecule has 0 radical (unpaired) electrons. The molecule has 1 aliphatic heterocycles. The van der Waals surface area contributed by atoms with Gasteiger partial charge in [0.1, 0.15) is 0 Å². The predicted molar refractivity (Wildman–Crippen MR) is 56.7 cm³/mol. The molecular weight excluding hydrogens is 174 g/mol. The fraction of sp³-hybridized carbons (Fsp3) is 0.333. The molecule has 1 amide bonds. The van der Waals surface area contributed by atoms with E-state index in [-0.39, 0.29) is 5.91 Å². The lowest BCUT2D eigenvalue weighted by Gasteiger charge is -2.07. The van der Waals surface area contributed by atoms with Crippen LogP contribution in [0.1, 0.15) is 29.8 Å². The average molecular weight is 187 g/mol. The van der Waals surface area contributed by atoms with Crippen LogP contribution in [0.5, 0.6) is 0 Å². The number of amides is 1. The van der Waals surface area contributed by atoms with Crippen LogP contribution >= 0.6 is 0 Å². The zero-order chi connectivity index (χ0) is 10.1. The molecule has 1 aliphatic rings. The molecule has 1 unspecified atom stereocenters. The largest absolute Gasteiger partial charge is 0.277 e. The Kier molecular flexibility index (Phi) is 2.20. The Morgan fingerprint density at radius 3 is 2.86 bits per heavy atom. The number of hydrogen-bond acceptors (Lipinski definition) is 1. The highest BCUT2D eigenvalue weighted by atomic mass is 16.1. The third kappa shape index (κ3) is 1.48. The van der Waals surface area contributed by atoms with Gasteiger partial charge in [-0.25, -0.2) is 4.99 Å². The van der Waals surface area contributed by atoms with E-state index in [4.69, 9.17) is 0 Å². The van der Waals surface area contributed by atoms with Crippen molar-refractivity contribution in [2.75, 3.05) is 0 Å². The van der Waals surface area contributed by atoms with Crippen molar-refractivity contribution in [1.29, 1.82) is 0 Å². The fourth-order valence-electron chi connectivity index (χ4n) is 1.72. The number of fused-ring (bicyclic) bond motifs is 1. The Balaban J connectivity index is 2.53. The van der Waals surface area contributed by atoms with Crippen molar-refractivity contribution in [2.24, 2.45) is 10.9 Å². The van der Waals surface area contributed by atoms with Gasteiger partial charge in [0.05, 0.1) is 0 Å². The van der Waals surface area contributed by atoms with Gasteiger partial charge in [0.25, 0.3) is 5.91 Å². The summed E-state index contributed by atoms with van der Waals surface area (Å²) in [6.45, 7) is 4.03. The minimum Gasteiger partial charge on any atom is -0.267 e. The molecule has 0 saturated carbocycles. The van der Waals surface area contributed by atoms with E-state index >= 15 is 0 Å². The molecule has 1 atom stereocenters. The molecule has 0 saturated heterocycles. The molecule has 0 aromatic heterocycles. The van der Waals surface area contributed by atoms with Crippen LogP contribution in [0.15, 0.2) is 29.3 Å². The first-order valence-corrected chi connectivity index (χ1v) is 4.86. The van der Waals surface area contributed by atoms with Gasteiger partial charge in [-0.15, -0.1) is 0 Å². The van der Waals surface area contributed by atoms with E-state index in [1.165, 1.54) is 0 Å². The monoisotopic (exact) mass is 187 g/mol. The fourth-order valence-corrected chi connectivity index (χ4v) is 1.72. The molecule has 0 bridgehead atoms.